The van der Waals surface area contributed by atoms with Crippen molar-refractivity contribution in [1.82, 2.24) is 5.32 Å². The Bertz CT molecular complexity index is 367. The number of rotatable bonds is 3. The third-order valence-electron chi connectivity index (χ3n) is 3.17. The van der Waals surface area contributed by atoms with Crippen LogP contribution in [0, 0.1) is 0 Å². The molecule has 17 heavy (non-hydrogen) atoms. The van der Waals surface area contributed by atoms with Gasteiger partial charge in [0.1, 0.15) is 11.9 Å². The smallest absolute Gasteiger partial charge is 0.118 e. The molecule has 1 aromatic carbocycles. The summed E-state index contributed by atoms with van der Waals surface area (Å²) < 4.78 is 5.05. The lowest BCUT2D eigenvalue weighted by molar-refractivity contribution is 0.0194. The maximum Gasteiger partial charge on any atom is 0.118 e. The van der Waals surface area contributed by atoms with Gasteiger partial charge in [0.05, 0.1) is 31.9 Å². The van der Waals surface area contributed by atoms with Crippen molar-refractivity contribution in [2.45, 2.75) is 24.3 Å². The van der Waals surface area contributed by atoms with Crippen molar-refractivity contribution in [3.05, 3.63) is 29.8 Å². The molecule has 5 nitrogen and oxygen atoms in total. The zero-order valence-electron chi connectivity index (χ0n) is 9.58. The molecule has 1 saturated heterocycles. The summed E-state index contributed by atoms with van der Waals surface area (Å²) in [6, 6.07) is 6.38. The van der Waals surface area contributed by atoms with Gasteiger partial charge in [0.25, 0.3) is 0 Å². The summed E-state index contributed by atoms with van der Waals surface area (Å²) in [6.07, 6.45) is -1.87. The number of aliphatic hydroxyl groups excluding tert-OH is 3. The van der Waals surface area contributed by atoms with E-state index in [-0.39, 0.29) is 12.6 Å². The van der Waals surface area contributed by atoms with Crippen LogP contribution in [0.5, 0.6) is 5.75 Å². The van der Waals surface area contributed by atoms with Crippen LogP contribution >= 0.6 is 0 Å². The fourth-order valence-electron chi connectivity index (χ4n) is 2.13. The Morgan fingerprint density at radius 2 is 1.82 bits per heavy atom. The molecule has 0 saturated carbocycles. The lowest BCUT2D eigenvalue weighted by Crippen LogP contribution is -2.35. The maximum absolute atomic E-state index is 9.88. The van der Waals surface area contributed by atoms with Gasteiger partial charge in [-0.1, -0.05) is 12.1 Å². The Labute approximate surface area is 99.7 Å². The highest BCUT2D eigenvalue weighted by molar-refractivity contribution is 5.31. The van der Waals surface area contributed by atoms with Crippen LogP contribution in [0.1, 0.15) is 11.6 Å². The Morgan fingerprint density at radius 1 is 1.18 bits per heavy atom. The molecule has 0 unspecified atom stereocenters. The molecular formula is C12H17NO4. The molecule has 0 amide bonds. The van der Waals surface area contributed by atoms with Gasteiger partial charge < -0.3 is 25.4 Å². The summed E-state index contributed by atoms with van der Waals surface area (Å²) in [5, 5.41) is 31.6. The van der Waals surface area contributed by atoms with Crippen LogP contribution in [-0.4, -0.2) is 47.3 Å². The largest absolute Gasteiger partial charge is 0.497 e. The first-order chi connectivity index (χ1) is 8.17. The van der Waals surface area contributed by atoms with E-state index in [1.807, 2.05) is 12.1 Å². The van der Waals surface area contributed by atoms with Gasteiger partial charge >= 0.3 is 0 Å². The fraction of sp³-hybridized carbons (Fsp3) is 0.500. The topological polar surface area (TPSA) is 82.0 Å². The Balaban J connectivity index is 2.16. The van der Waals surface area contributed by atoms with Crippen LogP contribution in [0.3, 0.4) is 0 Å². The first-order valence-corrected chi connectivity index (χ1v) is 5.54. The Kier molecular flexibility index (Phi) is 3.63. The van der Waals surface area contributed by atoms with E-state index in [0.717, 1.165) is 11.3 Å². The quantitative estimate of drug-likeness (QED) is 0.567. The van der Waals surface area contributed by atoms with E-state index in [2.05, 4.69) is 5.32 Å². The summed E-state index contributed by atoms with van der Waals surface area (Å²) in [5.74, 6) is 0.737. The van der Waals surface area contributed by atoms with Gasteiger partial charge in [-0.05, 0) is 17.7 Å². The van der Waals surface area contributed by atoms with Crippen LogP contribution in [-0.2, 0) is 0 Å². The van der Waals surface area contributed by atoms with Gasteiger partial charge in [-0.25, -0.2) is 0 Å². The Morgan fingerprint density at radius 3 is 2.29 bits per heavy atom. The van der Waals surface area contributed by atoms with Crippen LogP contribution in [0.15, 0.2) is 24.3 Å². The average molecular weight is 239 g/mol. The second kappa shape index (κ2) is 5.01. The number of hydrogen-bond donors (Lipinski definition) is 4. The highest BCUT2D eigenvalue weighted by Crippen LogP contribution is 2.28. The number of hydrogen-bond acceptors (Lipinski definition) is 5. The predicted octanol–water partition coefficient (Wildman–Crippen LogP) is -0.578. The molecule has 1 fully saturated rings. The molecule has 0 aromatic heterocycles. The molecule has 4 N–H and O–H groups in total. The van der Waals surface area contributed by atoms with Crippen LogP contribution in [0.25, 0.3) is 0 Å². The summed E-state index contributed by atoms with van der Waals surface area (Å²) in [7, 11) is 1.59. The normalized spacial score (nSPS) is 32.7. The molecule has 0 aliphatic carbocycles. The van der Waals surface area contributed by atoms with Crippen LogP contribution in [0.2, 0.25) is 0 Å². The van der Waals surface area contributed by atoms with E-state index in [1.165, 1.54) is 0 Å². The van der Waals surface area contributed by atoms with Crippen molar-refractivity contribution in [3.8, 4) is 5.75 Å². The van der Waals surface area contributed by atoms with Crippen molar-refractivity contribution in [2.75, 3.05) is 13.7 Å². The molecule has 1 aliphatic rings. The molecular weight excluding hydrogens is 222 g/mol. The molecule has 4 atom stereocenters. The predicted molar refractivity (Wildman–Crippen MR) is 61.8 cm³/mol. The lowest BCUT2D eigenvalue weighted by Gasteiger charge is -2.16. The standard InChI is InChI=1S/C12H17NO4/c1-17-8-4-2-7(3-5-8)10-12(16)11(15)9(6-14)13-10/h2-5,9-16H,6H2,1H3/t9-,10+,11-,12-/m0/s1. The van der Waals surface area contributed by atoms with Crippen molar-refractivity contribution < 1.29 is 20.1 Å². The number of methoxy groups -OCH3 is 1. The van der Waals surface area contributed by atoms with Crippen molar-refractivity contribution in [3.63, 3.8) is 0 Å². The first-order valence-electron chi connectivity index (χ1n) is 5.54. The molecule has 1 aromatic rings. The molecule has 0 bridgehead atoms. The second-order valence-electron chi connectivity index (χ2n) is 4.19. The van der Waals surface area contributed by atoms with E-state index in [9.17, 15) is 10.2 Å². The van der Waals surface area contributed by atoms with Gasteiger partial charge in [0.2, 0.25) is 0 Å². The third kappa shape index (κ3) is 2.28. The van der Waals surface area contributed by atoms with E-state index < -0.39 is 18.2 Å². The van der Waals surface area contributed by atoms with E-state index in [4.69, 9.17) is 9.84 Å². The van der Waals surface area contributed by atoms with Gasteiger partial charge in [0.15, 0.2) is 0 Å². The van der Waals surface area contributed by atoms with Crippen molar-refractivity contribution in [1.29, 1.82) is 0 Å². The van der Waals surface area contributed by atoms with Crippen LogP contribution < -0.4 is 10.1 Å². The molecule has 1 heterocycles. The summed E-state index contributed by atoms with van der Waals surface area (Å²) in [5.41, 5.74) is 0.855. The van der Waals surface area contributed by atoms with Crippen molar-refractivity contribution >= 4 is 0 Å². The highest BCUT2D eigenvalue weighted by atomic mass is 16.5. The minimum atomic E-state index is -0.952. The number of ether oxygens (including phenoxy) is 1. The lowest BCUT2D eigenvalue weighted by atomic mass is 10.0. The zero-order chi connectivity index (χ0) is 12.4. The Hall–Kier alpha value is -1.14. The molecule has 94 valence electrons. The maximum atomic E-state index is 9.88. The minimum Gasteiger partial charge on any atom is -0.497 e. The molecule has 2 rings (SSSR count). The summed E-state index contributed by atoms with van der Waals surface area (Å²) >= 11 is 0. The molecule has 5 heteroatoms. The molecule has 0 radical (unpaired) electrons. The minimum absolute atomic E-state index is 0.203. The van der Waals surface area contributed by atoms with E-state index in [0.29, 0.717) is 0 Å². The zero-order valence-corrected chi connectivity index (χ0v) is 9.58. The summed E-state index contributed by atoms with van der Waals surface area (Å²) in [6.45, 7) is -0.203. The second-order valence-corrected chi connectivity index (χ2v) is 4.19. The monoisotopic (exact) mass is 239 g/mol. The third-order valence-corrected chi connectivity index (χ3v) is 3.17. The van der Waals surface area contributed by atoms with Crippen molar-refractivity contribution in [2.24, 2.45) is 0 Å². The molecule has 0 spiro atoms. The van der Waals surface area contributed by atoms with Gasteiger partial charge in [0, 0.05) is 0 Å². The van der Waals surface area contributed by atoms with Gasteiger partial charge in [-0.3, -0.25) is 0 Å². The fourth-order valence-corrected chi connectivity index (χ4v) is 2.13. The molecule has 1 aliphatic heterocycles. The summed E-state index contributed by atoms with van der Waals surface area (Å²) in [4.78, 5) is 0. The first kappa shape index (κ1) is 12.3. The number of nitrogens with one attached hydrogen (secondary N) is 1. The van der Waals surface area contributed by atoms with E-state index in [1.54, 1.807) is 19.2 Å². The number of benzene rings is 1. The highest BCUT2D eigenvalue weighted by Gasteiger charge is 2.41. The van der Waals surface area contributed by atoms with Gasteiger partial charge in [-0.2, -0.15) is 0 Å². The van der Waals surface area contributed by atoms with Gasteiger partial charge in [-0.15, -0.1) is 0 Å². The SMILES string of the molecule is COc1ccc([C@H]2N[C@@H](CO)[C@H](O)[C@H]2O)cc1. The van der Waals surface area contributed by atoms with E-state index >= 15 is 0 Å². The number of aliphatic hydroxyl groups is 3. The average Bonchev–Trinajstić information content (AvgIpc) is 2.66. The van der Waals surface area contributed by atoms with Crippen LogP contribution in [0.4, 0.5) is 0 Å².